The highest BCUT2D eigenvalue weighted by Crippen LogP contribution is 2.45. The Hall–Kier alpha value is -1.48. The number of primary amides is 1. The van der Waals surface area contributed by atoms with Gasteiger partial charge in [-0.15, -0.1) is 11.3 Å². The quantitative estimate of drug-likeness (QED) is 0.796. The van der Waals surface area contributed by atoms with E-state index >= 15 is 0 Å². The van der Waals surface area contributed by atoms with Crippen LogP contribution in [-0.4, -0.2) is 62.2 Å². The van der Waals surface area contributed by atoms with Crippen molar-refractivity contribution < 1.29 is 19.1 Å². The zero-order chi connectivity index (χ0) is 18.9. The minimum Gasteiger partial charge on any atom is -0.381 e. The average Bonchev–Trinajstić information content (AvgIpc) is 3.10. The van der Waals surface area contributed by atoms with E-state index in [0.717, 1.165) is 50.1 Å². The summed E-state index contributed by atoms with van der Waals surface area (Å²) < 4.78 is 11.6. The van der Waals surface area contributed by atoms with Crippen molar-refractivity contribution in [2.24, 2.45) is 5.73 Å². The second-order valence-corrected chi connectivity index (χ2v) is 8.71. The van der Waals surface area contributed by atoms with Crippen LogP contribution in [0.5, 0.6) is 0 Å². The zero-order valence-corrected chi connectivity index (χ0v) is 16.3. The van der Waals surface area contributed by atoms with Crippen LogP contribution in [0.1, 0.15) is 45.8 Å². The number of nitrogens with zero attached hydrogens (tertiary/aromatic N) is 1. The first-order valence-electron chi connectivity index (χ1n) is 9.72. The standard InChI is InChI=1S/C19H27N3O4S/c20-16(23)12-22-6-4-19(5-7-22)17-13(1-10-26-19)11-15(27-17)18(24)21-14-2-8-25-9-3-14/h11,14H,1-10,12H2,(H2,20,23)(H,21,24). The van der Waals surface area contributed by atoms with Crippen molar-refractivity contribution in [2.45, 2.75) is 43.7 Å². The second-order valence-electron chi connectivity index (χ2n) is 7.66. The average molecular weight is 394 g/mol. The highest BCUT2D eigenvalue weighted by atomic mass is 32.1. The predicted octanol–water partition coefficient (Wildman–Crippen LogP) is 1.01. The SMILES string of the molecule is NC(=O)CN1CCC2(CC1)OCCc1cc(C(=O)NC3CCOCC3)sc12. The van der Waals surface area contributed by atoms with Crippen LogP contribution in [0, 0.1) is 0 Å². The number of thiophene rings is 1. The van der Waals surface area contributed by atoms with Gasteiger partial charge in [-0.05, 0) is 43.7 Å². The molecule has 148 valence electrons. The molecule has 8 heteroatoms. The molecule has 0 bridgehead atoms. The number of hydrogen-bond donors (Lipinski definition) is 2. The molecule has 0 aromatic carbocycles. The number of ether oxygens (including phenoxy) is 2. The number of piperidine rings is 1. The van der Waals surface area contributed by atoms with Gasteiger partial charge in [0.2, 0.25) is 5.91 Å². The van der Waals surface area contributed by atoms with E-state index in [1.165, 1.54) is 10.4 Å². The van der Waals surface area contributed by atoms with Crippen molar-refractivity contribution in [3.8, 4) is 0 Å². The van der Waals surface area contributed by atoms with Crippen LogP contribution in [0.4, 0.5) is 0 Å². The van der Waals surface area contributed by atoms with Crippen molar-refractivity contribution in [1.29, 1.82) is 0 Å². The van der Waals surface area contributed by atoms with Gasteiger partial charge in [0.05, 0.1) is 18.0 Å². The highest BCUT2D eigenvalue weighted by molar-refractivity contribution is 7.14. The van der Waals surface area contributed by atoms with Crippen LogP contribution in [0.15, 0.2) is 6.07 Å². The van der Waals surface area contributed by atoms with E-state index in [1.807, 2.05) is 0 Å². The van der Waals surface area contributed by atoms with Gasteiger partial charge in [0, 0.05) is 37.2 Å². The lowest BCUT2D eigenvalue weighted by atomic mass is 9.85. The third-order valence-corrected chi connectivity index (χ3v) is 7.16. The van der Waals surface area contributed by atoms with E-state index in [9.17, 15) is 9.59 Å². The monoisotopic (exact) mass is 393 g/mol. The zero-order valence-electron chi connectivity index (χ0n) is 15.5. The molecule has 0 saturated carbocycles. The summed E-state index contributed by atoms with van der Waals surface area (Å²) in [5, 5.41) is 3.16. The van der Waals surface area contributed by atoms with Gasteiger partial charge < -0.3 is 20.5 Å². The Morgan fingerprint density at radius 1 is 1.26 bits per heavy atom. The summed E-state index contributed by atoms with van der Waals surface area (Å²) in [5.41, 5.74) is 6.25. The van der Waals surface area contributed by atoms with E-state index in [1.54, 1.807) is 11.3 Å². The normalized spacial score (nSPS) is 23.1. The second kappa shape index (κ2) is 7.87. The molecule has 4 heterocycles. The van der Waals surface area contributed by atoms with Crippen molar-refractivity contribution >= 4 is 23.2 Å². The van der Waals surface area contributed by atoms with E-state index in [4.69, 9.17) is 15.2 Å². The van der Waals surface area contributed by atoms with Gasteiger partial charge >= 0.3 is 0 Å². The van der Waals surface area contributed by atoms with Gasteiger partial charge in [-0.1, -0.05) is 0 Å². The Labute approximate surface area is 163 Å². The van der Waals surface area contributed by atoms with Crippen molar-refractivity contribution in [1.82, 2.24) is 10.2 Å². The van der Waals surface area contributed by atoms with Crippen LogP contribution in [0.2, 0.25) is 0 Å². The molecular weight excluding hydrogens is 366 g/mol. The molecule has 0 unspecified atom stereocenters. The lowest BCUT2D eigenvalue weighted by molar-refractivity contribution is -0.123. The summed E-state index contributed by atoms with van der Waals surface area (Å²) in [4.78, 5) is 28.0. The van der Waals surface area contributed by atoms with E-state index in [-0.39, 0.29) is 23.5 Å². The number of likely N-dealkylation sites (tertiary alicyclic amines) is 1. The summed E-state index contributed by atoms with van der Waals surface area (Å²) in [5.74, 6) is -0.276. The summed E-state index contributed by atoms with van der Waals surface area (Å²) in [7, 11) is 0. The predicted molar refractivity (Wildman–Crippen MR) is 102 cm³/mol. The maximum atomic E-state index is 12.7. The molecule has 7 nitrogen and oxygen atoms in total. The third kappa shape index (κ3) is 4.03. The van der Waals surface area contributed by atoms with Crippen molar-refractivity contribution in [3.05, 3.63) is 21.4 Å². The van der Waals surface area contributed by atoms with Gasteiger partial charge in [0.15, 0.2) is 0 Å². The third-order valence-electron chi connectivity index (χ3n) is 5.80. The molecule has 0 radical (unpaired) electrons. The summed E-state index contributed by atoms with van der Waals surface area (Å²) in [6.45, 7) is 3.97. The molecule has 2 fully saturated rings. The molecule has 0 aliphatic carbocycles. The lowest BCUT2D eigenvalue weighted by Crippen LogP contribution is -2.48. The fraction of sp³-hybridized carbons (Fsp3) is 0.684. The molecule has 27 heavy (non-hydrogen) atoms. The minimum atomic E-state index is -0.316. The van der Waals surface area contributed by atoms with Crippen LogP contribution < -0.4 is 11.1 Å². The fourth-order valence-corrected chi connectivity index (χ4v) is 5.61. The molecular formula is C19H27N3O4S. The fourth-order valence-electron chi connectivity index (χ4n) is 4.30. The van der Waals surface area contributed by atoms with Crippen molar-refractivity contribution in [2.75, 3.05) is 39.5 Å². The summed E-state index contributed by atoms with van der Waals surface area (Å²) in [6.07, 6.45) is 4.26. The number of nitrogens with two attached hydrogens (primary N) is 1. The largest absolute Gasteiger partial charge is 0.381 e. The summed E-state index contributed by atoms with van der Waals surface area (Å²) in [6, 6.07) is 2.25. The number of nitrogens with one attached hydrogen (secondary N) is 1. The Bertz CT molecular complexity index is 706. The van der Waals surface area contributed by atoms with Gasteiger partial charge in [-0.25, -0.2) is 0 Å². The van der Waals surface area contributed by atoms with Crippen LogP contribution in [0.3, 0.4) is 0 Å². The topological polar surface area (TPSA) is 93.9 Å². The number of carbonyl (C=O) groups is 2. The molecule has 1 aromatic heterocycles. The minimum absolute atomic E-state index is 0.0163. The van der Waals surface area contributed by atoms with E-state index in [2.05, 4.69) is 16.3 Å². The molecule has 0 atom stereocenters. The summed E-state index contributed by atoms with van der Waals surface area (Å²) >= 11 is 1.57. The van der Waals surface area contributed by atoms with Gasteiger partial charge in [0.25, 0.3) is 5.91 Å². The number of rotatable bonds is 4. The van der Waals surface area contributed by atoms with Gasteiger partial charge in [0.1, 0.15) is 5.60 Å². The molecule has 3 aliphatic heterocycles. The van der Waals surface area contributed by atoms with Crippen molar-refractivity contribution in [3.63, 3.8) is 0 Å². The highest BCUT2D eigenvalue weighted by Gasteiger charge is 2.43. The van der Waals surface area contributed by atoms with E-state index < -0.39 is 0 Å². The molecule has 3 aliphatic rings. The number of hydrogen-bond acceptors (Lipinski definition) is 6. The Balaban J connectivity index is 1.47. The Morgan fingerprint density at radius 2 is 2.00 bits per heavy atom. The Kier molecular flexibility index (Phi) is 5.50. The molecule has 1 spiro atoms. The molecule has 4 rings (SSSR count). The first-order valence-corrected chi connectivity index (χ1v) is 10.5. The molecule has 1 aromatic rings. The smallest absolute Gasteiger partial charge is 0.261 e. The van der Waals surface area contributed by atoms with Crippen LogP contribution in [0.25, 0.3) is 0 Å². The number of carbonyl (C=O) groups excluding carboxylic acids is 2. The lowest BCUT2D eigenvalue weighted by Gasteiger charge is -2.43. The Morgan fingerprint density at radius 3 is 2.70 bits per heavy atom. The first kappa shape index (κ1) is 18.9. The molecule has 2 saturated heterocycles. The first-order chi connectivity index (χ1) is 13.1. The molecule has 2 amide bonds. The van der Waals surface area contributed by atoms with Crippen LogP contribution >= 0.6 is 11.3 Å². The van der Waals surface area contributed by atoms with Gasteiger partial charge in [-0.3, -0.25) is 14.5 Å². The molecule has 3 N–H and O–H groups in total. The van der Waals surface area contributed by atoms with Gasteiger partial charge in [-0.2, -0.15) is 0 Å². The maximum Gasteiger partial charge on any atom is 0.261 e. The van der Waals surface area contributed by atoms with Crippen LogP contribution in [-0.2, 0) is 26.3 Å². The maximum absolute atomic E-state index is 12.7. The number of amides is 2. The van der Waals surface area contributed by atoms with E-state index in [0.29, 0.717) is 26.4 Å². The number of fused-ring (bicyclic) bond motifs is 2.